The molecular weight excluding hydrogens is 387 g/mol. The molecule has 6 nitrogen and oxygen atoms in total. The lowest BCUT2D eigenvalue weighted by Crippen LogP contribution is -2.34. The smallest absolute Gasteiger partial charge is 0.266 e. The van der Waals surface area contributed by atoms with Crippen molar-refractivity contribution in [2.75, 3.05) is 12.4 Å². The van der Waals surface area contributed by atoms with Gasteiger partial charge in [0.15, 0.2) is 0 Å². The average Bonchev–Trinajstić information content (AvgIpc) is 2.55. The summed E-state index contributed by atoms with van der Waals surface area (Å²) in [6, 6.07) is 10.6. The first kappa shape index (κ1) is 17.6. The van der Waals surface area contributed by atoms with E-state index in [9.17, 15) is 18.3 Å². The fourth-order valence-corrected chi connectivity index (χ4v) is 4.08. The largest absolute Gasteiger partial charge is 0.493 e. The Morgan fingerprint density at radius 3 is 2.52 bits per heavy atom. The first-order valence-corrected chi connectivity index (χ1v) is 9.21. The molecule has 2 aromatic rings. The minimum Gasteiger partial charge on any atom is -0.493 e. The first-order valence-electron chi connectivity index (χ1n) is 7.01. The molecule has 0 spiro atoms. The van der Waals surface area contributed by atoms with Crippen molar-refractivity contribution in [3.8, 4) is 0 Å². The number of carbonyl (C=O) groups excluding carboxylic acids is 1. The lowest BCUT2D eigenvalue weighted by molar-refractivity contribution is -0.111. The van der Waals surface area contributed by atoms with Gasteiger partial charge in [0.1, 0.15) is 5.57 Å². The van der Waals surface area contributed by atoms with Crippen LogP contribution in [0.1, 0.15) is 5.56 Å². The lowest BCUT2D eigenvalue weighted by atomic mass is 10.0. The van der Waals surface area contributed by atoms with Gasteiger partial charge in [-0.1, -0.05) is 35.3 Å². The molecule has 0 bridgehead atoms. The number of aliphatic hydroxyl groups excluding tert-OH is 1. The van der Waals surface area contributed by atoms with Gasteiger partial charge in [-0.3, -0.25) is 4.79 Å². The number of carbonyl (C=O) groups is 1. The Labute approximate surface area is 154 Å². The molecule has 3 rings (SSSR count). The van der Waals surface area contributed by atoms with Crippen LogP contribution in [0.15, 0.2) is 53.2 Å². The summed E-state index contributed by atoms with van der Waals surface area (Å²) >= 11 is 12.0. The van der Waals surface area contributed by atoms with Gasteiger partial charge >= 0.3 is 0 Å². The van der Waals surface area contributed by atoms with Gasteiger partial charge in [0.05, 0.1) is 15.6 Å². The zero-order valence-electron chi connectivity index (χ0n) is 12.8. The predicted octanol–water partition coefficient (Wildman–Crippen LogP) is 3.49. The molecule has 130 valence electrons. The van der Waals surface area contributed by atoms with Crippen LogP contribution in [-0.4, -0.2) is 30.8 Å². The van der Waals surface area contributed by atoms with Gasteiger partial charge in [-0.15, -0.1) is 0 Å². The van der Waals surface area contributed by atoms with E-state index < -0.39 is 21.8 Å². The Bertz CT molecular complexity index is 1020. The Kier molecular flexibility index (Phi) is 4.40. The molecule has 9 heteroatoms. The van der Waals surface area contributed by atoms with E-state index in [1.165, 1.54) is 18.2 Å². The molecule has 2 aromatic carbocycles. The van der Waals surface area contributed by atoms with E-state index in [-0.39, 0.29) is 21.1 Å². The number of benzene rings is 2. The summed E-state index contributed by atoms with van der Waals surface area (Å²) in [7, 11) is -2.82. The SMILES string of the molecule is CN1C(O)=C(C(=O)Nc2ccccc2Cl)c2cc(Cl)ccc2S1(=O)=O. The molecule has 1 aliphatic heterocycles. The van der Waals surface area contributed by atoms with Crippen LogP contribution < -0.4 is 5.32 Å². The number of halogens is 2. The number of anilines is 1. The number of fused-ring (bicyclic) bond motifs is 1. The topological polar surface area (TPSA) is 86.7 Å². The number of para-hydroxylation sites is 1. The van der Waals surface area contributed by atoms with Gasteiger partial charge in [0.2, 0.25) is 5.88 Å². The van der Waals surface area contributed by atoms with E-state index in [2.05, 4.69) is 5.32 Å². The molecule has 2 N–H and O–H groups in total. The Morgan fingerprint density at radius 1 is 1.16 bits per heavy atom. The van der Waals surface area contributed by atoms with Gasteiger partial charge < -0.3 is 10.4 Å². The Hall–Kier alpha value is -2.22. The van der Waals surface area contributed by atoms with Crippen LogP contribution >= 0.6 is 23.2 Å². The Balaban J connectivity index is 2.15. The Morgan fingerprint density at radius 2 is 1.84 bits per heavy atom. The number of amides is 1. The summed E-state index contributed by atoms with van der Waals surface area (Å²) < 4.78 is 25.5. The molecule has 0 aliphatic carbocycles. The van der Waals surface area contributed by atoms with Crippen LogP contribution in [0.5, 0.6) is 0 Å². The van der Waals surface area contributed by atoms with Crippen LogP contribution in [-0.2, 0) is 14.8 Å². The van der Waals surface area contributed by atoms with Crippen molar-refractivity contribution in [2.45, 2.75) is 4.90 Å². The molecule has 0 unspecified atom stereocenters. The third kappa shape index (κ3) is 2.95. The second-order valence-corrected chi connectivity index (χ2v) is 8.03. The molecule has 25 heavy (non-hydrogen) atoms. The van der Waals surface area contributed by atoms with Crippen LogP contribution in [0.2, 0.25) is 10.0 Å². The maximum absolute atomic E-state index is 12.7. The molecule has 0 atom stereocenters. The summed E-state index contributed by atoms with van der Waals surface area (Å²) in [6.07, 6.45) is 0. The van der Waals surface area contributed by atoms with Crippen molar-refractivity contribution >= 4 is 50.4 Å². The molecule has 0 radical (unpaired) electrons. The highest BCUT2D eigenvalue weighted by atomic mass is 35.5. The molecule has 1 aliphatic rings. The van der Waals surface area contributed by atoms with Crippen molar-refractivity contribution in [2.24, 2.45) is 0 Å². The van der Waals surface area contributed by atoms with Gasteiger partial charge in [0.25, 0.3) is 15.9 Å². The maximum atomic E-state index is 12.7. The highest BCUT2D eigenvalue weighted by molar-refractivity contribution is 7.89. The quantitative estimate of drug-likeness (QED) is 0.810. The van der Waals surface area contributed by atoms with Crippen molar-refractivity contribution in [1.29, 1.82) is 0 Å². The third-order valence-corrected chi connectivity index (χ3v) is 6.09. The van der Waals surface area contributed by atoms with Crippen molar-refractivity contribution in [1.82, 2.24) is 4.31 Å². The molecule has 0 aromatic heterocycles. The number of hydrogen-bond acceptors (Lipinski definition) is 4. The number of hydrogen-bond donors (Lipinski definition) is 2. The van der Waals surface area contributed by atoms with Gasteiger partial charge in [-0.05, 0) is 30.3 Å². The standard InChI is InChI=1S/C16H12Cl2N2O4S/c1-20-16(22)14(15(21)19-12-5-3-2-4-11(12)18)10-8-9(17)6-7-13(10)25(20,23)24/h2-8,22H,1H3,(H,19,21). The van der Waals surface area contributed by atoms with E-state index in [4.69, 9.17) is 23.2 Å². The van der Waals surface area contributed by atoms with Crippen molar-refractivity contribution in [3.05, 3.63) is 64.0 Å². The second kappa shape index (κ2) is 6.25. The molecule has 0 saturated carbocycles. The van der Waals surface area contributed by atoms with Crippen LogP contribution in [0, 0.1) is 0 Å². The number of sulfonamides is 1. The number of aliphatic hydroxyl groups is 1. The molecule has 0 fully saturated rings. The average molecular weight is 399 g/mol. The van der Waals surface area contributed by atoms with Gasteiger partial charge in [-0.25, -0.2) is 12.7 Å². The summed E-state index contributed by atoms with van der Waals surface area (Å²) in [5.41, 5.74) is 0.136. The van der Waals surface area contributed by atoms with Crippen LogP contribution in [0.3, 0.4) is 0 Å². The lowest BCUT2D eigenvalue weighted by Gasteiger charge is -2.27. The predicted molar refractivity (Wildman–Crippen MR) is 96.0 cm³/mol. The molecule has 0 saturated heterocycles. The highest BCUT2D eigenvalue weighted by Gasteiger charge is 2.37. The van der Waals surface area contributed by atoms with E-state index in [1.807, 2.05) is 0 Å². The third-order valence-electron chi connectivity index (χ3n) is 3.72. The molecule has 1 amide bonds. The fourth-order valence-electron chi connectivity index (χ4n) is 2.43. The number of nitrogens with one attached hydrogen (secondary N) is 1. The highest BCUT2D eigenvalue weighted by Crippen LogP contribution is 2.37. The fraction of sp³-hybridized carbons (Fsp3) is 0.0625. The maximum Gasteiger partial charge on any atom is 0.266 e. The van der Waals surface area contributed by atoms with E-state index >= 15 is 0 Å². The zero-order chi connectivity index (χ0) is 18.4. The van der Waals surface area contributed by atoms with Crippen molar-refractivity contribution in [3.63, 3.8) is 0 Å². The summed E-state index contributed by atoms with van der Waals surface area (Å²) in [4.78, 5) is 12.6. The van der Waals surface area contributed by atoms with E-state index in [0.29, 0.717) is 15.0 Å². The second-order valence-electron chi connectivity index (χ2n) is 5.25. The molecule has 1 heterocycles. The first-order chi connectivity index (χ1) is 11.7. The van der Waals surface area contributed by atoms with E-state index in [1.54, 1.807) is 24.3 Å². The normalized spacial score (nSPS) is 15.7. The van der Waals surface area contributed by atoms with Crippen LogP contribution in [0.25, 0.3) is 5.57 Å². The van der Waals surface area contributed by atoms with Gasteiger partial charge in [0, 0.05) is 17.6 Å². The van der Waals surface area contributed by atoms with Crippen molar-refractivity contribution < 1.29 is 18.3 Å². The van der Waals surface area contributed by atoms with E-state index in [0.717, 1.165) is 7.05 Å². The van der Waals surface area contributed by atoms with Crippen LogP contribution in [0.4, 0.5) is 5.69 Å². The minimum absolute atomic E-state index is 0.0210. The number of nitrogens with zero attached hydrogens (tertiary/aromatic N) is 1. The molecular formula is C16H12Cl2N2O4S. The monoisotopic (exact) mass is 398 g/mol. The minimum atomic E-state index is -3.97. The summed E-state index contributed by atoms with van der Waals surface area (Å²) in [5.74, 6) is -1.41. The zero-order valence-corrected chi connectivity index (χ0v) is 15.2. The summed E-state index contributed by atoms with van der Waals surface area (Å²) in [6.45, 7) is 0. The number of rotatable bonds is 2. The summed E-state index contributed by atoms with van der Waals surface area (Å²) in [5, 5.41) is 13.4. The van der Waals surface area contributed by atoms with Gasteiger partial charge in [-0.2, -0.15) is 0 Å².